The van der Waals surface area contributed by atoms with Gasteiger partial charge in [0.1, 0.15) is 65.4 Å². The maximum atomic E-state index is 13.7. The molecule has 123 heavy (non-hydrogen) atoms. The number of furan rings is 2. The van der Waals surface area contributed by atoms with Crippen LogP contribution in [0.25, 0.3) is 0 Å². The van der Waals surface area contributed by atoms with E-state index in [1.54, 1.807) is 40.8 Å². The first kappa shape index (κ1) is 87.5. The fourth-order valence-corrected chi connectivity index (χ4v) is 27.9. The van der Waals surface area contributed by atoms with E-state index in [1.807, 2.05) is 62.3 Å². The van der Waals surface area contributed by atoms with Gasteiger partial charge in [-0.3, -0.25) is 33.6 Å². The molecule has 0 spiro atoms. The second kappa shape index (κ2) is 30.7. The number of ketones is 7. The van der Waals surface area contributed by atoms with E-state index < -0.39 is 104 Å². The molecule has 662 valence electrons. The molecule has 8 fully saturated rings. The zero-order valence-corrected chi connectivity index (χ0v) is 73.1. The zero-order valence-electron chi connectivity index (χ0n) is 73.1. The lowest BCUT2D eigenvalue weighted by Gasteiger charge is -2.53. The Morgan fingerprint density at radius 2 is 0.707 bits per heavy atom. The third kappa shape index (κ3) is 12.1. The number of carbonyl (C=O) groups is 11. The van der Waals surface area contributed by atoms with Gasteiger partial charge in [0.05, 0.1) is 65.3 Å². The van der Waals surface area contributed by atoms with Crippen LogP contribution in [0.4, 0.5) is 0 Å². The Hall–Kier alpha value is -8.95. The van der Waals surface area contributed by atoms with Crippen LogP contribution in [0, 0.1) is 79.8 Å². The molecule has 2 aromatic heterocycles. The van der Waals surface area contributed by atoms with E-state index >= 15 is 0 Å². The molecule has 0 aromatic carbocycles. The molecule has 4 saturated heterocycles. The minimum absolute atomic E-state index is 0. The molecule has 8 heterocycles. The number of cyclic esters (lactones) is 4. The molecular weight excluding hydrogens is 1580 g/mol. The molecule has 2 aromatic rings. The Bertz CT molecular complexity index is 5060. The maximum absolute atomic E-state index is 13.7. The van der Waals surface area contributed by atoms with E-state index in [1.165, 1.54) is 12.5 Å². The summed E-state index contributed by atoms with van der Waals surface area (Å²) in [6, 6.07) is 0. The molecule has 18 aliphatic rings. The summed E-state index contributed by atoms with van der Waals surface area (Å²) in [4.78, 5) is 148. The van der Waals surface area contributed by atoms with Crippen LogP contribution < -0.4 is 0 Å². The van der Waals surface area contributed by atoms with E-state index in [2.05, 4.69) is 30.6 Å². The van der Waals surface area contributed by atoms with Gasteiger partial charge in [-0.25, -0.2) is 19.2 Å². The number of carbonyl (C=O) groups excluding carboxylic acids is 11. The first-order chi connectivity index (χ1) is 57.8. The maximum Gasteiger partial charge on any atom is 0.342 e. The van der Waals surface area contributed by atoms with Crippen LogP contribution in [-0.4, -0.2) is 201 Å². The molecule has 20 rings (SSSR count). The van der Waals surface area contributed by atoms with Crippen LogP contribution in [0.15, 0.2) is 112 Å². The quantitative estimate of drug-likeness (QED) is 0.113. The van der Waals surface area contributed by atoms with Crippen molar-refractivity contribution in [2.45, 2.75) is 235 Å². The van der Waals surface area contributed by atoms with Crippen molar-refractivity contribution >= 4 is 64.4 Å². The van der Waals surface area contributed by atoms with Gasteiger partial charge < -0.3 is 71.8 Å². The molecule has 6 aliphatic heterocycles. The molecule has 21 atom stereocenters. The molecular formula is C97H120N2O24. The summed E-state index contributed by atoms with van der Waals surface area (Å²) in [6.07, 6.45) is 15.1. The van der Waals surface area contributed by atoms with Gasteiger partial charge in [0.15, 0.2) is 23.0 Å². The van der Waals surface area contributed by atoms with Crippen molar-refractivity contribution < 1.29 is 115 Å². The van der Waals surface area contributed by atoms with E-state index in [9.17, 15) is 68.1 Å². The summed E-state index contributed by atoms with van der Waals surface area (Å²) in [7, 11) is 6.26. The molecule has 12 aliphatic carbocycles. The summed E-state index contributed by atoms with van der Waals surface area (Å²) in [5.74, 6) is -3.50. The van der Waals surface area contributed by atoms with Gasteiger partial charge in [-0.2, -0.15) is 0 Å². The van der Waals surface area contributed by atoms with Gasteiger partial charge in [-0.15, -0.1) is 0 Å². The van der Waals surface area contributed by atoms with Crippen molar-refractivity contribution in [2.24, 2.45) is 79.8 Å². The lowest BCUT2D eigenvalue weighted by Crippen LogP contribution is -2.55. The zero-order chi connectivity index (χ0) is 87.4. The highest BCUT2D eigenvalue weighted by molar-refractivity contribution is 6.17. The van der Waals surface area contributed by atoms with Crippen molar-refractivity contribution in [2.75, 3.05) is 81.0 Å². The first-order valence-corrected chi connectivity index (χ1v) is 44.1. The topological polar surface area (TPSA) is 355 Å². The third-order valence-corrected chi connectivity index (χ3v) is 33.3. The number of fused-ring (bicyclic) bond motifs is 14. The normalized spacial score (nSPS) is 39.6. The van der Waals surface area contributed by atoms with E-state index in [0.29, 0.717) is 114 Å². The number of hydrogen-bond acceptors (Lipinski definition) is 26. The van der Waals surface area contributed by atoms with E-state index in [-0.39, 0.29) is 150 Å². The number of aliphatic hydroxyl groups excluding tert-OH is 3. The minimum atomic E-state index is -0.908. The van der Waals surface area contributed by atoms with Crippen LogP contribution in [0.2, 0.25) is 0 Å². The van der Waals surface area contributed by atoms with Crippen LogP contribution in [0.3, 0.4) is 0 Å². The highest BCUT2D eigenvalue weighted by Crippen LogP contribution is 2.69. The molecule has 3 N–H and O–H groups in total. The van der Waals surface area contributed by atoms with Gasteiger partial charge in [-0.1, -0.05) is 62.8 Å². The highest BCUT2D eigenvalue weighted by Gasteiger charge is 2.69. The fraction of sp³-hybridized carbons (Fsp3) is 0.639. The van der Waals surface area contributed by atoms with E-state index in [0.717, 1.165) is 92.6 Å². The van der Waals surface area contributed by atoms with Gasteiger partial charge in [0, 0.05) is 170 Å². The number of aliphatic hydroxyl groups is 3. The number of allylic oxidation sites excluding steroid dienone is 4. The predicted octanol–water partition coefficient (Wildman–Crippen LogP) is 13.4. The number of methoxy groups -OCH3 is 4. The number of nitrogens with zero attached hydrogens (tertiary/aromatic N) is 2. The van der Waals surface area contributed by atoms with Gasteiger partial charge >= 0.3 is 23.9 Å². The summed E-state index contributed by atoms with van der Waals surface area (Å²) in [5, 5.41) is 33.5. The monoisotopic (exact) mass is 1700 g/mol. The fourth-order valence-electron chi connectivity index (χ4n) is 27.9. The predicted molar refractivity (Wildman–Crippen MR) is 444 cm³/mol. The Labute approximate surface area is 718 Å². The summed E-state index contributed by atoms with van der Waals surface area (Å²) >= 11 is 0. The van der Waals surface area contributed by atoms with Gasteiger partial charge in [0.25, 0.3) is 0 Å². The van der Waals surface area contributed by atoms with Crippen molar-refractivity contribution in [1.29, 1.82) is 0 Å². The Balaban J connectivity index is 0.000000121. The van der Waals surface area contributed by atoms with Crippen LogP contribution >= 0.6 is 0 Å². The van der Waals surface area contributed by atoms with Crippen LogP contribution in [0.1, 0.15) is 246 Å². The van der Waals surface area contributed by atoms with Crippen LogP contribution in [0.5, 0.6) is 0 Å². The summed E-state index contributed by atoms with van der Waals surface area (Å²) in [6.45, 7) is 28.4. The molecule has 1 unspecified atom stereocenters. The molecule has 4 saturated carbocycles. The lowest BCUT2D eigenvalue weighted by atomic mass is 9.52. The average Bonchev–Trinajstić information content (AvgIpc) is 1.48. The number of hydrogen-bond donors (Lipinski definition) is 3. The number of ether oxygens (including phenoxy) is 8. The molecule has 0 amide bonds. The summed E-state index contributed by atoms with van der Waals surface area (Å²) in [5.41, 5.74) is 4.42. The average molecular weight is 1700 g/mol. The Morgan fingerprint density at radius 3 is 1.05 bits per heavy atom. The molecule has 0 bridgehead atoms. The van der Waals surface area contributed by atoms with Gasteiger partial charge in [0.2, 0.25) is 23.1 Å². The lowest BCUT2D eigenvalue weighted by molar-refractivity contribution is -0.157. The number of rotatable bonds is 10. The highest BCUT2D eigenvalue weighted by atomic mass is 16.6. The third-order valence-electron chi connectivity index (χ3n) is 33.3. The molecule has 26 nitrogen and oxygen atoms in total. The smallest absolute Gasteiger partial charge is 0.342 e. The standard InChI is InChI=1S/2C26H33NO6.C22H26O6.C22H24O6.CH4/c2*1-14-11-25(2)16(7-8-17(25)28)19-20(14)26(3)18(13-32-4)33-24(31)15(12-27-9-5-6-10-27)21(26)23(30)22(19)29;2*1-10-7-21(2)12(5-6-13(21)23)15-16(10)22(3)14(9-26-4)28-20(25)11-8-27-19(17(11)22)18(15)24;/h2*12,14,16,18,30H,5-11,13H2,1-4H3;8,10,12-14,23H,5-7,9H2,1-4H3;8,10,12,14H,5-7,9H2,1-4H3;1H4/b15-12+;15-12-;;;/t2*14-,16+,18-,25+,26-;10-,12+,13?,14-,21+,22-;10-,12+,14-,21+,22-;/m1111./s1. The number of esters is 4. The first-order valence-electron chi connectivity index (χ1n) is 44.1. The molecule has 26 heteroatoms. The van der Waals surface area contributed by atoms with Gasteiger partial charge in [-0.05, 0) is 163 Å². The van der Waals surface area contributed by atoms with Crippen molar-refractivity contribution in [3.05, 3.63) is 137 Å². The van der Waals surface area contributed by atoms with Crippen molar-refractivity contribution in [3.63, 3.8) is 0 Å². The largest absolute Gasteiger partial charge is 0.504 e. The van der Waals surface area contributed by atoms with E-state index in [4.69, 9.17) is 46.7 Å². The second-order valence-corrected chi connectivity index (χ2v) is 39.9. The van der Waals surface area contributed by atoms with Crippen molar-refractivity contribution in [3.8, 4) is 0 Å². The SMILES string of the molecule is C.COC[C@H]1OC(=O)/C(=C/N2CCCC2)C2=C(O)C(=O)C3=C([C@H](C)C[C@]4(C)C(=O)CC[C@@H]34)[C@]21C.COC[C@H]1OC(=O)/C(=C\N2CCCC2)C2=C(O)C(=O)C3=C([C@H](C)C[C@]4(C)C(=O)CC[C@@H]34)[C@]21C.COC[C@H]1OC(=O)c2coc3c2[C@@]1(C)C1=C(C3=O)[C@@H]2CCC(=O)[C@@]2(C)C[C@H]1C.COC[C@H]1OC(=O)c2coc3c2[C@@]1(C)C1=C(C3=O)[C@@H]2CCC(O)[C@@]2(C)C[C@H]1C. The minimum Gasteiger partial charge on any atom is -0.504 e. The Morgan fingerprint density at radius 1 is 0.407 bits per heavy atom. The molecule has 0 radical (unpaired) electrons. The number of likely N-dealkylation sites (tertiary alicyclic amines) is 2. The Kier molecular flexibility index (Phi) is 21.8. The van der Waals surface area contributed by atoms with Crippen molar-refractivity contribution in [1.82, 2.24) is 9.80 Å². The second-order valence-electron chi connectivity index (χ2n) is 39.9. The van der Waals surface area contributed by atoms with Crippen LogP contribution in [-0.2, 0) is 82.3 Å². The number of Topliss-reactive ketones (excluding diaryl/α,β-unsaturated/α-hetero) is 7. The summed E-state index contributed by atoms with van der Waals surface area (Å²) < 4.78 is 56.4.